The van der Waals surface area contributed by atoms with E-state index in [4.69, 9.17) is 9.47 Å². The van der Waals surface area contributed by atoms with Gasteiger partial charge in [-0.2, -0.15) is 13.2 Å². The molecule has 2 aromatic carbocycles. The number of alkyl halides is 3. The smallest absolute Gasteiger partial charge is 0.416 e. The molecule has 2 heterocycles. The van der Waals surface area contributed by atoms with Crippen molar-refractivity contribution in [2.24, 2.45) is 11.8 Å². The van der Waals surface area contributed by atoms with Gasteiger partial charge in [0.2, 0.25) is 0 Å². The summed E-state index contributed by atoms with van der Waals surface area (Å²) in [6.07, 6.45) is 7.02. The topological polar surface area (TPSA) is 38.8 Å². The van der Waals surface area contributed by atoms with Crippen molar-refractivity contribution in [2.45, 2.75) is 90.0 Å². The molecule has 1 saturated carbocycles. The summed E-state index contributed by atoms with van der Waals surface area (Å²) in [6, 6.07) is 11.6. The number of fused-ring (bicyclic) bond motifs is 1. The van der Waals surface area contributed by atoms with Crippen LogP contribution in [0.3, 0.4) is 0 Å². The van der Waals surface area contributed by atoms with Crippen molar-refractivity contribution < 1.29 is 27.4 Å². The second-order valence-electron chi connectivity index (χ2n) is 12.2. The number of hydrogen-bond donors (Lipinski definition) is 0. The van der Waals surface area contributed by atoms with Gasteiger partial charge in [-0.25, -0.2) is 4.79 Å². The molecule has 5 atom stereocenters. The van der Waals surface area contributed by atoms with E-state index < -0.39 is 11.7 Å². The number of nitrogens with zero attached hydrogens (tertiary/aromatic N) is 1. The minimum absolute atomic E-state index is 0.143. The second kappa shape index (κ2) is 12.6. The maximum Gasteiger partial charge on any atom is 0.416 e. The number of rotatable bonds is 8. The van der Waals surface area contributed by atoms with Crippen LogP contribution in [0.5, 0.6) is 5.75 Å². The predicted octanol–water partition coefficient (Wildman–Crippen LogP) is 9.56. The van der Waals surface area contributed by atoms with E-state index >= 15 is 0 Å². The Bertz CT molecular complexity index is 1330. The maximum atomic E-state index is 13.1. The number of hydrogen-bond acceptors (Lipinski definition) is 3. The van der Waals surface area contributed by atoms with Gasteiger partial charge >= 0.3 is 12.3 Å². The first kappa shape index (κ1) is 30.2. The number of carbonyl (C=O) groups is 1. The van der Waals surface area contributed by atoms with Crippen LogP contribution in [0.4, 0.5) is 18.0 Å². The summed E-state index contributed by atoms with van der Waals surface area (Å²) in [6.45, 7) is 7.28. The van der Waals surface area contributed by atoms with E-state index in [9.17, 15) is 18.0 Å². The number of benzene rings is 2. The molecule has 226 valence electrons. The average molecular weight is 582 g/mol. The zero-order valence-corrected chi connectivity index (χ0v) is 25.0. The molecule has 0 bridgehead atoms. The van der Waals surface area contributed by atoms with Gasteiger partial charge in [0, 0.05) is 12.1 Å². The molecule has 1 aliphatic carbocycles. The van der Waals surface area contributed by atoms with Crippen molar-refractivity contribution >= 4 is 6.09 Å². The van der Waals surface area contributed by atoms with Crippen LogP contribution in [0.15, 0.2) is 65.8 Å². The van der Waals surface area contributed by atoms with Crippen LogP contribution in [0.1, 0.15) is 82.8 Å². The molecule has 2 aromatic rings. The highest BCUT2D eigenvalue weighted by molar-refractivity contribution is 5.72. The number of halogens is 3. The van der Waals surface area contributed by atoms with Crippen LogP contribution >= 0.6 is 0 Å². The third kappa shape index (κ3) is 6.25. The highest BCUT2D eigenvalue weighted by Gasteiger charge is 2.45. The average Bonchev–Trinajstić information content (AvgIpc) is 3.59. The number of cyclic esters (lactones) is 1. The summed E-state index contributed by atoms with van der Waals surface area (Å²) in [4.78, 5) is 14.2. The van der Waals surface area contributed by atoms with Gasteiger partial charge in [-0.3, -0.25) is 0 Å². The molecular formula is C35H42F3NO3. The van der Waals surface area contributed by atoms with Gasteiger partial charge in [0.05, 0.1) is 18.7 Å². The van der Waals surface area contributed by atoms with Crippen molar-refractivity contribution in [3.05, 3.63) is 76.9 Å². The zero-order valence-electron chi connectivity index (χ0n) is 25.0. The Hall–Kier alpha value is -3.22. The summed E-state index contributed by atoms with van der Waals surface area (Å²) in [5, 5.41) is 0. The number of carbonyl (C=O) groups excluding carboxylic acids is 1. The molecule has 2 aliphatic heterocycles. The van der Waals surface area contributed by atoms with Crippen molar-refractivity contribution in [1.82, 2.24) is 4.90 Å². The van der Waals surface area contributed by atoms with E-state index in [2.05, 4.69) is 38.1 Å². The molecule has 4 nitrogen and oxygen atoms in total. The predicted molar refractivity (Wildman–Crippen MR) is 159 cm³/mol. The largest absolute Gasteiger partial charge is 0.496 e. The number of allylic oxidation sites excluding steroid dienone is 2. The lowest BCUT2D eigenvalue weighted by Gasteiger charge is -2.37. The van der Waals surface area contributed by atoms with Crippen LogP contribution in [0, 0.1) is 11.8 Å². The summed E-state index contributed by atoms with van der Waals surface area (Å²) in [5.74, 6) is 2.19. The van der Waals surface area contributed by atoms with Gasteiger partial charge in [0.25, 0.3) is 0 Å². The summed E-state index contributed by atoms with van der Waals surface area (Å²) < 4.78 is 50.8. The monoisotopic (exact) mass is 581 g/mol. The first-order chi connectivity index (χ1) is 20.1. The zero-order chi connectivity index (χ0) is 30.0. The highest BCUT2D eigenvalue weighted by Crippen LogP contribution is 2.45. The Balaban J connectivity index is 1.33. The second-order valence-corrected chi connectivity index (χ2v) is 12.2. The molecule has 3 fully saturated rings. The summed E-state index contributed by atoms with van der Waals surface area (Å²) in [7, 11) is 1.59. The van der Waals surface area contributed by atoms with Crippen molar-refractivity contribution in [2.75, 3.05) is 13.7 Å². The van der Waals surface area contributed by atoms with Crippen molar-refractivity contribution in [1.29, 1.82) is 0 Å². The molecule has 5 unspecified atom stereocenters. The number of amides is 1. The van der Waals surface area contributed by atoms with Crippen LogP contribution in [-0.2, 0) is 10.9 Å². The molecule has 7 heteroatoms. The minimum atomic E-state index is -4.37. The van der Waals surface area contributed by atoms with Crippen LogP contribution < -0.4 is 4.74 Å². The molecule has 3 aliphatic rings. The molecular weight excluding hydrogens is 539 g/mol. The van der Waals surface area contributed by atoms with E-state index in [1.165, 1.54) is 23.3 Å². The van der Waals surface area contributed by atoms with Crippen LogP contribution in [0.2, 0.25) is 0 Å². The van der Waals surface area contributed by atoms with Crippen molar-refractivity contribution in [3.8, 4) is 16.9 Å². The Morgan fingerprint density at radius 3 is 2.52 bits per heavy atom. The van der Waals surface area contributed by atoms with Gasteiger partial charge in [-0.15, -0.1) is 0 Å². The lowest BCUT2D eigenvalue weighted by molar-refractivity contribution is -0.137. The van der Waals surface area contributed by atoms with Gasteiger partial charge in [0.15, 0.2) is 0 Å². The van der Waals surface area contributed by atoms with E-state index in [1.807, 2.05) is 17.9 Å². The van der Waals surface area contributed by atoms with Gasteiger partial charge in [0.1, 0.15) is 11.9 Å². The Labute approximate surface area is 247 Å². The lowest BCUT2D eigenvalue weighted by Crippen LogP contribution is -2.31. The van der Waals surface area contributed by atoms with E-state index in [1.54, 1.807) is 7.11 Å². The fraction of sp³-hybridized carbons (Fsp3) is 0.514. The molecule has 2 saturated heterocycles. The summed E-state index contributed by atoms with van der Waals surface area (Å²) in [5.41, 5.74) is 4.48. The first-order valence-corrected chi connectivity index (χ1v) is 15.3. The van der Waals surface area contributed by atoms with Crippen molar-refractivity contribution in [3.63, 3.8) is 0 Å². The quantitative estimate of drug-likeness (QED) is 0.292. The van der Waals surface area contributed by atoms with Gasteiger partial charge < -0.3 is 14.4 Å². The fourth-order valence-electron chi connectivity index (χ4n) is 7.43. The van der Waals surface area contributed by atoms with Crippen LogP contribution in [-0.4, -0.2) is 36.8 Å². The van der Waals surface area contributed by atoms with E-state index in [0.29, 0.717) is 29.1 Å². The fourth-order valence-corrected chi connectivity index (χ4v) is 7.43. The maximum absolute atomic E-state index is 13.1. The van der Waals surface area contributed by atoms with E-state index in [0.717, 1.165) is 74.8 Å². The van der Waals surface area contributed by atoms with E-state index in [-0.39, 0.29) is 18.2 Å². The Morgan fingerprint density at radius 2 is 1.86 bits per heavy atom. The normalized spacial score (nSPS) is 26.8. The third-order valence-electron chi connectivity index (χ3n) is 9.65. The molecule has 1 amide bonds. The van der Waals surface area contributed by atoms with Gasteiger partial charge in [-0.1, -0.05) is 49.3 Å². The molecule has 0 spiro atoms. The molecule has 0 radical (unpaired) electrons. The highest BCUT2D eigenvalue weighted by atomic mass is 19.4. The lowest BCUT2D eigenvalue weighted by atomic mass is 9.69. The third-order valence-corrected chi connectivity index (χ3v) is 9.65. The molecule has 0 aromatic heterocycles. The summed E-state index contributed by atoms with van der Waals surface area (Å²) >= 11 is 0. The molecule has 5 rings (SSSR count). The first-order valence-electron chi connectivity index (χ1n) is 15.3. The number of methoxy groups -OCH3 is 1. The molecule has 0 N–H and O–H groups in total. The van der Waals surface area contributed by atoms with Gasteiger partial charge in [-0.05, 0) is 111 Å². The molecule has 42 heavy (non-hydrogen) atoms. The minimum Gasteiger partial charge on any atom is -0.496 e. The standard InChI is InChI=1S/C35H42F3NO3/c1-5-23-9-10-26(27-13-16-32(41-4)30(21-27)25-11-14-29(15-12-25)35(36,37)38)20-28(23)19-22(3)18-24(6-2)33-31-8-7-17-39(31)34(40)42-33/h6,11-16,18,21,23,26,28,31,33H,5,7-10,17,19-20H2,1-4H3. The van der Waals surface area contributed by atoms with Crippen LogP contribution in [0.25, 0.3) is 11.1 Å². The SMILES string of the molecule is CC=C(C=C(C)CC1CC(c2ccc(OC)c(-c3ccc(C(F)(F)F)cc3)c2)CCC1CC)C1OC(=O)N2CCCC12. The Kier molecular flexibility index (Phi) is 9.05. The Morgan fingerprint density at radius 1 is 1.10 bits per heavy atom. The number of ether oxygens (including phenoxy) is 2.